The quantitative estimate of drug-likeness (QED) is 0.506. The third kappa shape index (κ3) is 14.0. The van der Waals surface area contributed by atoms with Crippen LogP contribution in [0, 0.1) is 22.7 Å². The third-order valence-corrected chi connectivity index (χ3v) is 2.19. The molecular formula is C8H13N2O3PZr. The molecule has 0 amide bonds. The molecule has 0 aromatic rings. The van der Waals surface area contributed by atoms with Crippen LogP contribution < -0.4 is 0 Å². The molecule has 0 aliphatic heterocycles. The van der Waals surface area contributed by atoms with Crippen molar-refractivity contribution in [2.75, 3.05) is 13.2 Å². The van der Waals surface area contributed by atoms with E-state index in [9.17, 15) is 4.57 Å². The average Bonchev–Trinajstić information content (AvgIpc) is 2.19. The fraction of sp³-hybridized carbons (Fsp3) is 0.750. The first kappa shape index (κ1) is 17.4. The molecule has 0 bridgehead atoms. The van der Waals surface area contributed by atoms with E-state index in [1.165, 1.54) is 0 Å². The molecule has 0 saturated heterocycles. The molecule has 0 radical (unpaired) electrons. The maximum absolute atomic E-state index is 10.9. The molecule has 7 heteroatoms. The van der Waals surface area contributed by atoms with Crippen LogP contribution in [-0.4, -0.2) is 13.2 Å². The van der Waals surface area contributed by atoms with Crippen LogP contribution in [0.2, 0.25) is 0 Å². The minimum atomic E-state index is -2.42. The Morgan fingerprint density at radius 1 is 1.00 bits per heavy atom. The predicted molar refractivity (Wildman–Crippen MR) is 50.6 cm³/mol. The van der Waals surface area contributed by atoms with Crippen molar-refractivity contribution in [2.24, 2.45) is 0 Å². The second kappa shape index (κ2) is 14.0. The van der Waals surface area contributed by atoms with Crippen LogP contribution in [0.15, 0.2) is 0 Å². The van der Waals surface area contributed by atoms with E-state index in [1.807, 2.05) is 12.1 Å². The van der Waals surface area contributed by atoms with Gasteiger partial charge in [0.25, 0.3) is 0 Å². The molecule has 0 aromatic heterocycles. The van der Waals surface area contributed by atoms with Crippen molar-refractivity contribution < 1.29 is 39.8 Å². The molecule has 0 aliphatic rings. The number of hydrogen-bond acceptors (Lipinski definition) is 5. The Hall–Kier alpha value is 0.0131. The molecule has 15 heavy (non-hydrogen) atoms. The van der Waals surface area contributed by atoms with Gasteiger partial charge in [0.1, 0.15) is 0 Å². The Labute approximate surface area is 109 Å². The summed E-state index contributed by atoms with van der Waals surface area (Å²) in [4.78, 5) is 0. The van der Waals surface area contributed by atoms with Gasteiger partial charge in [-0.2, -0.15) is 10.5 Å². The van der Waals surface area contributed by atoms with E-state index in [-0.39, 0.29) is 39.4 Å². The largest absolute Gasteiger partial charge is 0.319 e. The first-order valence-corrected chi connectivity index (χ1v) is 5.57. The smallest absolute Gasteiger partial charge is 0.311 e. The Morgan fingerprint density at radius 2 is 1.40 bits per heavy atom. The molecular weight excluding hydrogens is 294 g/mol. The Kier molecular flexibility index (Phi) is 16.3. The zero-order valence-electron chi connectivity index (χ0n) is 8.36. The summed E-state index contributed by atoms with van der Waals surface area (Å²) in [5.41, 5.74) is 0. The third-order valence-electron chi connectivity index (χ3n) is 1.31. The molecule has 0 aromatic carbocycles. The zero-order valence-corrected chi connectivity index (χ0v) is 11.8. The summed E-state index contributed by atoms with van der Waals surface area (Å²) in [7, 11) is -2.42. The van der Waals surface area contributed by atoms with Gasteiger partial charge in [0.15, 0.2) is 0 Å². The van der Waals surface area contributed by atoms with Crippen molar-refractivity contribution in [1.82, 2.24) is 0 Å². The van der Waals surface area contributed by atoms with Crippen molar-refractivity contribution in [3.8, 4) is 12.1 Å². The van der Waals surface area contributed by atoms with Crippen LogP contribution in [0.3, 0.4) is 0 Å². The van der Waals surface area contributed by atoms with Crippen molar-refractivity contribution in [2.45, 2.75) is 25.7 Å². The van der Waals surface area contributed by atoms with Crippen molar-refractivity contribution in [1.29, 1.82) is 10.5 Å². The van der Waals surface area contributed by atoms with E-state index in [2.05, 4.69) is 0 Å². The van der Waals surface area contributed by atoms with Gasteiger partial charge in [0.2, 0.25) is 0 Å². The minimum Gasteiger partial charge on any atom is -0.311 e. The number of nitriles is 2. The van der Waals surface area contributed by atoms with E-state index in [0.29, 0.717) is 25.7 Å². The fourth-order valence-electron chi connectivity index (χ4n) is 0.655. The Bertz CT molecular complexity index is 225. The molecule has 0 rings (SSSR count). The molecule has 0 saturated carbocycles. The number of unbranched alkanes of at least 4 members (excludes halogenated alkanes) is 2. The van der Waals surface area contributed by atoms with Crippen LogP contribution in [0.25, 0.3) is 0 Å². The molecule has 0 aliphatic carbocycles. The number of hydrogen-bond donors (Lipinski definition) is 0. The van der Waals surface area contributed by atoms with Gasteiger partial charge in [-0.15, -0.1) is 0 Å². The van der Waals surface area contributed by atoms with Crippen molar-refractivity contribution >= 4 is 8.25 Å². The molecule has 0 unspecified atom stereocenters. The van der Waals surface area contributed by atoms with Crippen LogP contribution in [-0.2, 0) is 39.8 Å². The molecule has 0 atom stereocenters. The first-order chi connectivity index (χ1) is 6.81. The maximum Gasteiger partial charge on any atom is 0.319 e. The van der Waals surface area contributed by atoms with Gasteiger partial charge in [-0.1, -0.05) is 0 Å². The average molecular weight is 307 g/mol. The predicted octanol–water partition coefficient (Wildman–Crippen LogP) is 2.01. The van der Waals surface area contributed by atoms with Gasteiger partial charge in [0, 0.05) is 39.0 Å². The second-order valence-corrected chi connectivity index (χ2v) is 3.55. The van der Waals surface area contributed by atoms with Gasteiger partial charge >= 0.3 is 8.25 Å². The van der Waals surface area contributed by atoms with Crippen LogP contribution in [0.4, 0.5) is 0 Å². The maximum atomic E-state index is 10.9. The summed E-state index contributed by atoms with van der Waals surface area (Å²) in [5.74, 6) is 0. The van der Waals surface area contributed by atoms with Crippen LogP contribution in [0.5, 0.6) is 0 Å². The van der Waals surface area contributed by atoms with Gasteiger partial charge in [0.05, 0.1) is 25.4 Å². The van der Waals surface area contributed by atoms with E-state index in [0.717, 1.165) is 0 Å². The van der Waals surface area contributed by atoms with Crippen LogP contribution >= 0.6 is 8.25 Å². The Balaban J connectivity index is 0. The summed E-state index contributed by atoms with van der Waals surface area (Å²) < 4.78 is 20.6. The number of nitrogens with zero attached hydrogens (tertiary/aromatic N) is 2. The monoisotopic (exact) mass is 306 g/mol. The topological polar surface area (TPSA) is 83.1 Å². The first-order valence-electron chi connectivity index (χ1n) is 4.34. The van der Waals surface area contributed by atoms with E-state index >= 15 is 0 Å². The zero-order chi connectivity index (χ0) is 10.6. The molecule has 0 fully saturated rings. The van der Waals surface area contributed by atoms with E-state index in [1.54, 1.807) is 0 Å². The van der Waals surface area contributed by atoms with E-state index in [4.69, 9.17) is 19.6 Å². The minimum absolute atomic E-state index is 0. The molecule has 5 nitrogen and oxygen atoms in total. The van der Waals surface area contributed by atoms with E-state index < -0.39 is 8.25 Å². The second-order valence-electron chi connectivity index (χ2n) is 2.47. The molecule has 0 heterocycles. The summed E-state index contributed by atoms with van der Waals surface area (Å²) in [5, 5.41) is 16.4. The summed E-state index contributed by atoms with van der Waals surface area (Å²) in [6, 6.07) is 3.91. The Morgan fingerprint density at radius 3 is 1.73 bits per heavy atom. The normalized spacial score (nSPS) is 9.00. The van der Waals surface area contributed by atoms with Gasteiger partial charge in [-0.25, -0.2) is 0 Å². The summed E-state index contributed by atoms with van der Waals surface area (Å²) in [6.07, 6.45) is 1.91. The van der Waals surface area contributed by atoms with Gasteiger partial charge < -0.3 is 9.05 Å². The standard InChI is InChI=1S/C8H13N2O3P.Zr/c9-5-1-3-7-12-14(11)13-8-4-2-6-10;/h14H,1-4,7-8H2;. The molecule has 82 valence electrons. The number of rotatable bonds is 8. The van der Waals surface area contributed by atoms with Crippen molar-refractivity contribution in [3.63, 3.8) is 0 Å². The van der Waals surface area contributed by atoms with Crippen LogP contribution in [0.1, 0.15) is 25.7 Å². The fourth-order valence-corrected chi connectivity index (χ4v) is 1.36. The van der Waals surface area contributed by atoms with Crippen molar-refractivity contribution in [3.05, 3.63) is 0 Å². The molecule has 0 N–H and O–H groups in total. The summed E-state index contributed by atoms with van der Waals surface area (Å²) in [6.45, 7) is 0.563. The van der Waals surface area contributed by atoms with Gasteiger partial charge in [-0.05, 0) is 12.8 Å². The summed E-state index contributed by atoms with van der Waals surface area (Å²) >= 11 is 0. The van der Waals surface area contributed by atoms with Gasteiger partial charge in [-0.3, -0.25) is 4.57 Å². The molecule has 0 spiro atoms. The SMILES string of the molecule is N#CCCCO[PH](=O)OCCCC#N.[Zr].